The second-order valence-corrected chi connectivity index (χ2v) is 10.5. The molecule has 0 aliphatic carbocycles. The number of hydrogen-bond donors (Lipinski definition) is 1. The van der Waals surface area contributed by atoms with Crippen molar-refractivity contribution in [2.45, 2.75) is 12.2 Å². The summed E-state index contributed by atoms with van der Waals surface area (Å²) < 4.78 is 37.1. The van der Waals surface area contributed by atoms with Crippen LogP contribution in [0, 0.1) is 0 Å². The van der Waals surface area contributed by atoms with Crippen LogP contribution in [0.15, 0.2) is 54.6 Å². The van der Waals surface area contributed by atoms with Crippen molar-refractivity contribution in [2.75, 3.05) is 51.3 Å². The number of nitrogens with zero attached hydrogens (tertiary/aromatic N) is 4. The molecule has 176 valence electrons. The molecule has 8 nitrogen and oxygen atoms in total. The molecule has 1 saturated heterocycles. The molecule has 1 aromatic heterocycles. The maximum Gasteiger partial charge on any atom is 0.215 e. The van der Waals surface area contributed by atoms with Gasteiger partial charge >= 0.3 is 0 Å². The van der Waals surface area contributed by atoms with Gasteiger partial charge in [-0.1, -0.05) is 42.5 Å². The van der Waals surface area contributed by atoms with Gasteiger partial charge in [0.05, 0.1) is 12.9 Å². The molecular weight excluding hydrogens is 458 g/mol. The maximum atomic E-state index is 12.3. The van der Waals surface area contributed by atoms with E-state index < -0.39 is 10.0 Å². The number of nitrogens with one attached hydrogen (secondary N) is 1. The molecule has 3 aromatic rings. The summed E-state index contributed by atoms with van der Waals surface area (Å²) in [6, 6.07) is 17.2. The van der Waals surface area contributed by atoms with Gasteiger partial charge in [-0.15, -0.1) is 0 Å². The molecule has 1 aliphatic rings. The van der Waals surface area contributed by atoms with E-state index in [0.717, 1.165) is 54.0 Å². The van der Waals surface area contributed by atoms with Crippen molar-refractivity contribution < 1.29 is 13.2 Å². The van der Waals surface area contributed by atoms with Crippen molar-refractivity contribution in [1.29, 1.82) is 0 Å². The van der Waals surface area contributed by atoms with Crippen molar-refractivity contribution in [3.63, 3.8) is 0 Å². The molecular formula is C23H29N5O3S2. The fourth-order valence-corrected chi connectivity index (χ4v) is 5.65. The van der Waals surface area contributed by atoms with Gasteiger partial charge in [-0.25, -0.2) is 18.1 Å². The van der Waals surface area contributed by atoms with Gasteiger partial charge in [-0.05, 0) is 23.3 Å². The second-order valence-electron chi connectivity index (χ2n) is 7.99. The monoisotopic (exact) mass is 487 g/mol. The van der Waals surface area contributed by atoms with Crippen molar-refractivity contribution in [3.05, 3.63) is 71.5 Å². The smallest absolute Gasteiger partial charge is 0.215 e. The van der Waals surface area contributed by atoms with Crippen LogP contribution in [0.3, 0.4) is 0 Å². The van der Waals surface area contributed by atoms with Crippen LogP contribution in [0.25, 0.3) is 0 Å². The van der Waals surface area contributed by atoms with E-state index in [1.54, 1.807) is 7.11 Å². The Labute approximate surface area is 199 Å². The molecule has 2 aromatic carbocycles. The summed E-state index contributed by atoms with van der Waals surface area (Å²) in [5.74, 6) is 1.66. The molecule has 0 amide bonds. The Morgan fingerprint density at radius 1 is 1.03 bits per heavy atom. The summed E-state index contributed by atoms with van der Waals surface area (Å²) in [5.41, 5.74) is 1.92. The second kappa shape index (κ2) is 11.1. The molecule has 0 spiro atoms. The van der Waals surface area contributed by atoms with Crippen LogP contribution < -0.4 is 14.4 Å². The van der Waals surface area contributed by atoms with Crippen LogP contribution >= 0.6 is 11.5 Å². The largest absolute Gasteiger partial charge is 0.497 e. The molecule has 0 saturated carbocycles. The molecule has 0 bridgehead atoms. The Bertz CT molecular complexity index is 1130. The molecule has 33 heavy (non-hydrogen) atoms. The highest BCUT2D eigenvalue weighted by Crippen LogP contribution is 2.21. The minimum atomic E-state index is -3.33. The Morgan fingerprint density at radius 3 is 2.55 bits per heavy atom. The van der Waals surface area contributed by atoms with Crippen LogP contribution in [0.4, 0.5) is 5.13 Å². The zero-order valence-corrected chi connectivity index (χ0v) is 20.3. The van der Waals surface area contributed by atoms with E-state index in [1.165, 1.54) is 11.5 Å². The number of hydrogen-bond acceptors (Lipinski definition) is 8. The number of anilines is 1. The predicted molar refractivity (Wildman–Crippen MR) is 131 cm³/mol. The average molecular weight is 488 g/mol. The highest BCUT2D eigenvalue weighted by atomic mass is 32.2. The van der Waals surface area contributed by atoms with Gasteiger partial charge in [-0.3, -0.25) is 4.90 Å². The number of aromatic nitrogens is 2. The van der Waals surface area contributed by atoms with Gasteiger partial charge < -0.3 is 9.64 Å². The Hall–Kier alpha value is -2.53. The Kier molecular flexibility index (Phi) is 7.92. The lowest BCUT2D eigenvalue weighted by molar-refractivity contribution is 0.262. The number of ether oxygens (including phenoxy) is 1. The normalized spacial score (nSPS) is 15.0. The Balaban J connectivity index is 1.21. The third-order valence-corrected chi connectivity index (χ3v) is 7.72. The molecule has 10 heteroatoms. The lowest BCUT2D eigenvalue weighted by Gasteiger charge is -2.34. The number of piperazine rings is 1. The lowest BCUT2D eigenvalue weighted by Crippen LogP contribution is -2.48. The van der Waals surface area contributed by atoms with Crippen LogP contribution in [0.5, 0.6) is 5.75 Å². The van der Waals surface area contributed by atoms with Gasteiger partial charge in [-0.2, -0.15) is 4.37 Å². The van der Waals surface area contributed by atoms with Gasteiger partial charge in [0, 0.05) is 57.2 Å². The van der Waals surface area contributed by atoms with E-state index in [1.807, 2.05) is 48.5 Å². The first-order chi connectivity index (χ1) is 16.0. The number of sulfonamides is 1. The van der Waals surface area contributed by atoms with Crippen LogP contribution in [0.1, 0.15) is 17.0 Å². The highest BCUT2D eigenvalue weighted by molar-refractivity contribution is 7.88. The fraction of sp³-hybridized carbons (Fsp3) is 0.391. The van der Waals surface area contributed by atoms with E-state index in [0.29, 0.717) is 19.5 Å². The quantitative estimate of drug-likeness (QED) is 0.470. The molecule has 1 aliphatic heterocycles. The van der Waals surface area contributed by atoms with Gasteiger partial charge in [0.2, 0.25) is 15.2 Å². The zero-order chi connectivity index (χ0) is 23.1. The van der Waals surface area contributed by atoms with Crippen LogP contribution in [-0.4, -0.2) is 69.1 Å². The summed E-state index contributed by atoms with van der Waals surface area (Å²) in [5, 5.41) is 0.941. The third-order valence-electron chi connectivity index (χ3n) is 5.55. The van der Waals surface area contributed by atoms with E-state index >= 15 is 0 Å². The minimum Gasteiger partial charge on any atom is -0.497 e. The molecule has 2 heterocycles. The van der Waals surface area contributed by atoms with Crippen molar-refractivity contribution >= 4 is 26.7 Å². The van der Waals surface area contributed by atoms with Gasteiger partial charge in [0.1, 0.15) is 11.6 Å². The molecule has 0 atom stereocenters. The van der Waals surface area contributed by atoms with E-state index in [9.17, 15) is 8.42 Å². The molecule has 1 N–H and O–H groups in total. The molecule has 4 rings (SSSR count). The standard InChI is InChI=1S/C23H29N5O3S2/c1-31-21-9-5-8-20(16-21)17-22-25-23(32-26-22)28-14-12-27(13-15-28)11-10-24-33(29,30)18-19-6-3-2-4-7-19/h2-9,16,24H,10-15,17-18H2,1H3. The summed E-state index contributed by atoms with van der Waals surface area (Å²) in [4.78, 5) is 9.26. The first kappa shape index (κ1) is 23.6. The zero-order valence-electron chi connectivity index (χ0n) is 18.7. The van der Waals surface area contributed by atoms with E-state index in [4.69, 9.17) is 9.72 Å². The first-order valence-electron chi connectivity index (χ1n) is 10.9. The summed E-state index contributed by atoms with van der Waals surface area (Å²) in [7, 11) is -1.66. The van der Waals surface area contributed by atoms with Crippen molar-refractivity contribution in [1.82, 2.24) is 19.0 Å². The van der Waals surface area contributed by atoms with E-state index in [2.05, 4.69) is 25.0 Å². The highest BCUT2D eigenvalue weighted by Gasteiger charge is 2.20. The SMILES string of the molecule is COc1cccc(Cc2nsc(N3CCN(CCNS(=O)(=O)Cc4ccccc4)CC3)n2)c1. The minimum absolute atomic E-state index is 0.0107. The lowest BCUT2D eigenvalue weighted by atomic mass is 10.1. The Morgan fingerprint density at radius 2 is 1.79 bits per heavy atom. The number of methoxy groups -OCH3 is 1. The molecule has 0 unspecified atom stereocenters. The average Bonchev–Trinajstić information content (AvgIpc) is 3.28. The van der Waals surface area contributed by atoms with Crippen molar-refractivity contribution in [2.24, 2.45) is 0 Å². The van der Waals surface area contributed by atoms with Crippen LogP contribution in [-0.2, 0) is 22.2 Å². The predicted octanol–water partition coefficient (Wildman–Crippen LogP) is 2.38. The van der Waals surface area contributed by atoms with Crippen LogP contribution in [0.2, 0.25) is 0 Å². The summed E-state index contributed by atoms with van der Waals surface area (Å²) >= 11 is 1.43. The van der Waals surface area contributed by atoms with Gasteiger partial charge in [0.25, 0.3) is 0 Å². The molecule has 0 radical (unpaired) electrons. The first-order valence-corrected chi connectivity index (χ1v) is 13.4. The number of benzene rings is 2. The summed E-state index contributed by atoms with van der Waals surface area (Å²) in [6.07, 6.45) is 0.677. The topological polar surface area (TPSA) is 87.7 Å². The van der Waals surface area contributed by atoms with Gasteiger partial charge in [0.15, 0.2) is 0 Å². The third kappa shape index (κ3) is 6.97. The van der Waals surface area contributed by atoms with Crippen molar-refractivity contribution in [3.8, 4) is 5.75 Å². The molecule has 1 fully saturated rings. The fourth-order valence-electron chi connectivity index (χ4n) is 3.78. The van der Waals surface area contributed by atoms with E-state index in [-0.39, 0.29) is 5.75 Å². The summed E-state index contributed by atoms with van der Waals surface area (Å²) in [6.45, 7) is 4.54. The maximum absolute atomic E-state index is 12.3. The number of rotatable bonds is 10.